The number of H-pyrrole nitrogens is 1. The van der Waals surface area contributed by atoms with Crippen LogP contribution in [0.4, 0.5) is 0 Å². The fraction of sp³-hybridized carbons (Fsp3) is 0.400. The third kappa shape index (κ3) is 2.36. The summed E-state index contributed by atoms with van der Waals surface area (Å²) < 4.78 is 0. The van der Waals surface area contributed by atoms with Crippen molar-refractivity contribution in [3.63, 3.8) is 0 Å². The van der Waals surface area contributed by atoms with Crippen molar-refractivity contribution in [2.45, 2.75) is 25.8 Å². The summed E-state index contributed by atoms with van der Waals surface area (Å²) in [5.74, 6) is -0.843. The van der Waals surface area contributed by atoms with Crippen LogP contribution in [-0.4, -0.2) is 34.0 Å². The second-order valence-electron chi connectivity index (χ2n) is 5.17. The second kappa shape index (κ2) is 5.05. The molecule has 0 atom stereocenters. The first-order valence-corrected chi connectivity index (χ1v) is 6.81. The van der Waals surface area contributed by atoms with Gasteiger partial charge in [0, 0.05) is 23.1 Å². The lowest BCUT2D eigenvalue weighted by atomic mass is 10.1. The van der Waals surface area contributed by atoms with Gasteiger partial charge in [-0.1, -0.05) is 24.6 Å². The standard InChI is InChI=1S/C15H18N2O2/c18-15(19)14-11-6-2-3-7-12(11)16-13(14)10-17-8-4-1-5-9-17/h2-3,6-7,16H,1,4-5,8-10H2,(H,18,19). The van der Waals surface area contributed by atoms with Gasteiger partial charge in [0.05, 0.1) is 5.56 Å². The number of nitrogens with one attached hydrogen (secondary N) is 1. The highest BCUT2D eigenvalue weighted by molar-refractivity contribution is 6.04. The quantitative estimate of drug-likeness (QED) is 0.890. The largest absolute Gasteiger partial charge is 0.478 e. The zero-order valence-corrected chi connectivity index (χ0v) is 10.9. The van der Waals surface area contributed by atoms with Gasteiger partial charge in [0.2, 0.25) is 0 Å². The molecule has 4 heteroatoms. The molecular weight excluding hydrogens is 240 g/mol. The molecule has 0 aliphatic carbocycles. The van der Waals surface area contributed by atoms with Crippen LogP contribution < -0.4 is 0 Å². The van der Waals surface area contributed by atoms with Crippen molar-refractivity contribution < 1.29 is 9.90 Å². The lowest BCUT2D eigenvalue weighted by Gasteiger charge is -2.26. The molecule has 2 heterocycles. The van der Waals surface area contributed by atoms with E-state index in [0.29, 0.717) is 12.1 Å². The number of aromatic carboxylic acids is 1. The van der Waals surface area contributed by atoms with Crippen LogP contribution in [0.15, 0.2) is 24.3 Å². The molecule has 2 N–H and O–H groups in total. The summed E-state index contributed by atoms with van der Waals surface area (Å²) in [6.07, 6.45) is 3.71. The molecule has 1 aromatic heterocycles. The fourth-order valence-corrected chi connectivity index (χ4v) is 2.90. The monoisotopic (exact) mass is 258 g/mol. The van der Waals surface area contributed by atoms with E-state index in [1.165, 1.54) is 19.3 Å². The molecule has 100 valence electrons. The Kier molecular flexibility index (Phi) is 3.25. The summed E-state index contributed by atoms with van der Waals surface area (Å²) in [5.41, 5.74) is 2.17. The van der Waals surface area contributed by atoms with Crippen LogP contribution in [0.25, 0.3) is 10.9 Å². The normalized spacial score (nSPS) is 16.8. The second-order valence-corrected chi connectivity index (χ2v) is 5.17. The molecule has 1 aliphatic rings. The summed E-state index contributed by atoms with van der Waals surface area (Å²) in [6, 6.07) is 7.61. The van der Waals surface area contributed by atoms with E-state index < -0.39 is 5.97 Å². The number of carboxylic acid groups (broad SMARTS) is 1. The minimum Gasteiger partial charge on any atom is -0.478 e. The van der Waals surface area contributed by atoms with Crippen LogP contribution in [0, 0.1) is 0 Å². The fourth-order valence-electron chi connectivity index (χ4n) is 2.90. The number of fused-ring (bicyclic) bond motifs is 1. The van der Waals surface area contributed by atoms with Gasteiger partial charge in [-0.25, -0.2) is 4.79 Å². The molecule has 1 aliphatic heterocycles. The van der Waals surface area contributed by atoms with E-state index in [1.54, 1.807) is 0 Å². The average molecular weight is 258 g/mol. The van der Waals surface area contributed by atoms with E-state index in [4.69, 9.17) is 0 Å². The maximum Gasteiger partial charge on any atom is 0.338 e. The number of para-hydroxylation sites is 1. The Morgan fingerprint density at radius 3 is 2.68 bits per heavy atom. The molecule has 0 bridgehead atoms. The van der Waals surface area contributed by atoms with Crippen LogP contribution in [0.5, 0.6) is 0 Å². The summed E-state index contributed by atoms with van der Waals surface area (Å²) in [6.45, 7) is 2.83. The molecule has 0 saturated carbocycles. The average Bonchev–Trinajstić information content (AvgIpc) is 2.77. The number of hydrogen-bond donors (Lipinski definition) is 2. The summed E-state index contributed by atoms with van der Waals surface area (Å²) in [5, 5.41) is 10.3. The maximum absolute atomic E-state index is 11.5. The van der Waals surface area contributed by atoms with Gasteiger partial charge in [-0.05, 0) is 32.0 Å². The number of benzene rings is 1. The molecule has 0 amide bonds. The number of rotatable bonds is 3. The number of hydrogen-bond acceptors (Lipinski definition) is 2. The van der Waals surface area contributed by atoms with Gasteiger partial charge in [-0.15, -0.1) is 0 Å². The number of likely N-dealkylation sites (tertiary alicyclic amines) is 1. The Hall–Kier alpha value is -1.81. The number of aromatic nitrogens is 1. The summed E-state index contributed by atoms with van der Waals surface area (Å²) in [7, 11) is 0. The minimum atomic E-state index is -0.843. The number of piperidine rings is 1. The van der Waals surface area contributed by atoms with E-state index in [2.05, 4.69) is 9.88 Å². The Morgan fingerprint density at radius 2 is 1.95 bits per heavy atom. The molecule has 0 unspecified atom stereocenters. The van der Waals surface area contributed by atoms with Crippen LogP contribution in [-0.2, 0) is 6.54 Å². The third-order valence-electron chi connectivity index (χ3n) is 3.83. The Balaban J connectivity index is 1.97. The zero-order valence-electron chi connectivity index (χ0n) is 10.9. The molecule has 0 radical (unpaired) electrons. The topological polar surface area (TPSA) is 56.3 Å². The van der Waals surface area contributed by atoms with Crippen LogP contribution in [0.2, 0.25) is 0 Å². The van der Waals surface area contributed by atoms with Gasteiger partial charge in [0.1, 0.15) is 0 Å². The lowest BCUT2D eigenvalue weighted by molar-refractivity contribution is 0.0696. The molecule has 0 spiro atoms. The first kappa shape index (κ1) is 12.2. The van der Waals surface area contributed by atoms with Crippen molar-refractivity contribution in [3.05, 3.63) is 35.5 Å². The number of nitrogens with zero attached hydrogens (tertiary/aromatic N) is 1. The van der Waals surface area contributed by atoms with Crippen LogP contribution in [0.3, 0.4) is 0 Å². The van der Waals surface area contributed by atoms with Crippen molar-refractivity contribution in [2.24, 2.45) is 0 Å². The molecule has 1 saturated heterocycles. The molecule has 2 aromatic rings. The minimum absolute atomic E-state index is 0.432. The van der Waals surface area contributed by atoms with E-state index >= 15 is 0 Å². The Labute approximate surface area is 112 Å². The van der Waals surface area contributed by atoms with Crippen LogP contribution >= 0.6 is 0 Å². The van der Waals surface area contributed by atoms with Crippen molar-refractivity contribution in [2.75, 3.05) is 13.1 Å². The predicted molar refractivity (Wildman–Crippen MR) is 74.4 cm³/mol. The predicted octanol–water partition coefficient (Wildman–Crippen LogP) is 2.85. The SMILES string of the molecule is O=C(O)c1c(CN2CCCCC2)[nH]c2ccccc12. The van der Waals surface area contributed by atoms with Crippen molar-refractivity contribution in [3.8, 4) is 0 Å². The summed E-state index contributed by atoms with van der Waals surface area (Å²) >= 11 is 0. The van der Waals surface area contributed by atoms with Gasteiger partial charge in [0.15, 0.2) is 0 Å². The number of aromatic amines is 1. The Morgan fingerprint density at radius 1 is 1.21 bits per heavy atom. The highest BCUT2D eigenvalue weighted by Gasteiger charge is 2.20. The van der Waals surface area contributed by atoms with Crippen molar-refractivity contribution in [1.82, 2.24) is 9.88 Å². The number of carboxylic acids is 1. The summed E-state index contributed by atoms with van der Waals surface area (Å²) in [4.78, 5) is 17.1. The number of carbonyl (C=O) groups is 1. The van der Waals surface area contributed by atoms with E-state index in [-0.39, 0.29) is 0 Å². The van der Waals surface area contributed by atoms with Crippen LogP contribution in [0.1, 0.15) is 35.3 Å². The highest BCUT2D eigenvalue weighted by atomic mass is 16.4. The molecule has 3 rings (SSSR count). The lowest BCUT2D eigenvalue weighted by Crippen LogP contribution is -2.29. The molecule has 4 nitrogen and oxygen atoms in total. The zero-order chi connectivity index (χ0) is 13.2. The van der Waals surface area contributed by atoms with Crippen molar-refractivity contribution in [1.29, 1.82) is 0 Å². The maximum atomic E-state index is 11.5. The first-order valence-electron chi connectivity index (χ1n) is 6.81. The van der Waals surface area contributed by atoms with Gasteiger partial charge >= 0.3 is 5.97 Å². The molecule has 1 aromatic carbocycles. The van der Waals surface area contributed by atoms with E-state index in [0.717, 1.165) is 29.7 Å². The van der Waals surface area contributed by atoms with Gasteiger partial charge in [0.25, 0.3) is 0 Å². The van der Waals surface area contributed by atoms with E-state index in [9.17, 15) is 9.90 Å². The van der Waals surface area contributed by atoms with Crippen molar-refractivity contribution >= 4 is 16.9 Å². The molecule has 19 heavy (non-hydrogen) atoms. The smallest absolute Gasteiger partial charge is 0.338 e. The van der Waals surface area contributed by atoms with Gasteiger partial charge < -0.3 is 10.1 Å². The highest BCUT2D eigenvalue weighted by Crippen LogP contribution is 2.24. The third-order valence-corrected chi connectivity index (χ3v) is 3.83. The Bertz CT molecular complexity index is 597. The van der Waals surface area contributed by atoms with E-state index in [1.807, 2.05) is 24.3 Å². The van der Waals surface area contributed by atoms with Gasteiger partial charge in [-0.3, -0.25) is 4.90 Å². The first-order chi connectivity index (χ1) is 9.25. The van der Waals surface area contributed by atoms with Gasteiger partial charge in [-0.2, -0.15) is 0 Å². The molecular formula is C15H18N2O2. The molecule has 1 fully saturated rings.